The molecule has 0 aliphatic heterocycles. The van der Waals surface area contributed by atoms with E-state index in [1.165, 1.54) is 35.1 Å². The van der Waals surface area contributed by atoms with Gasteiger partial charge in [0.1, 0.15) is 5.78 Å². The molecule has 0 bridgehead atoms. The van der Waals surface area contributed by atoms with E-state index >= 15 is 0 Å². The Balaban J connectivity index is 0.000000593. The van der Waals surface area contributed by atoms with E-state index in [4.69, 9.17) is 15.0 Å². The average Bonchev–Trinajstić information content (AvgIpc) is 2.42. The van der Waals surface area contributed by atoms with Crippen LogP contribution in [0.25, 0.3) is 0 Å². The Kier molecular flexibility index (Phi) is 7.27. The van der Waals surface area contributed by atoms with Gasteiger partial charge in [0, 0.05) is 12.3 Å². The van der Waals surface area contributed by atoms with Gasteiger partial charge in [-0.2, -0.15) is 0 Å². The third kappa shape index (κ3) is 6.43. The zero-order chi connectivity index (χ0) is 17.6. The van der Waals surface area contributed by atoms with Crippen LogP contribution in [-0.4, -0.2) is 22.2 Å². The highest BCUT2D eigenvalue weighted by atomic mass is 16.6. The number of aryl methyl sites for hydroxylation is 3. The van der Waals surface area contributed by atoms with Crippen LogP contribution in [0.4, 0.5) is 4.79 Å². The predicted octanol–water partition coefficient (Wildman–Crippen LogP) is 4.77. The number of rotatable bonds is 3. The Morgan fingerprint density at radius 1 is 1.09 bits per heavy atom. The van der Waals surface area contributed by atoms with Crippen LogP contribution in [0.5, 0.6) is 0 Å². The van der Waals surface area contributed by atoms with Gasteiger partial charge in [-0.3, -0.25) is 4.79 Å². The van der Waals surface area contributed by atoms with Crippen molar-refractivity contribution in [3.63, 3.8) is 0 Å². The summed E-state index contributed by atoms with van der Waals surface area (Å²) in [5, 5.41) is 13.9. The standard InChI is InChI=1S/C18H26O.CH2O3/c1-12-6-5-7-16(10-12)18(19)11-17-14(3)8-13(2)9-15(17)4;2-1(3)4/h8-9,12,16H,5-7,10-11H2,1-4H3;(H2,2,3,4). The maximum Gasteiger partial charge on any atom is 0.503 e. The van der Waals surface area contributed by atoms with Crippen LogP contribution in [0.1, 0.15) is 54.9 Å². The molecule has 128 valence electrons. The molecule has 1 aliphatic rings. The van der Waals surface area contributed by atoms with E-state index in [1.54, 1.807) is 0 Å². The van der Waals surface area contributed by atoms with Crippen LogP contribution in [0.2, 0.25) is 0 Å². The summed E-state index contributed by atoms with van der Waals surface area (Å²) >= 11 is 0. The molecular formula is C19H28O4. The molecule has 1 saturated carbocycles. The topological polar surface area (TPSA) is 74.6 Å². The summed E-state index contributed by atoms with van der Waals surface area (Å²) in [4.78, 5) is 21.1. The summed E-state index contributed by atoms with van der Waals surface area (Å²) in [5.74, 6) is 1.49. The molecule has 2 rings (SSSR count). The molecule has 1 aromatic carbocycles. The fourth-order valence-electron chi connectivity index (χ4n) is 3.53. The first-order chi connectivity index (χ1) is 10.7. The molecule has 23 heavy (non-hydrogen) atoms. The van der Waals surface area contributed by atoms with Crippen molar-refractivity contribution < 1.29 is 19.8 Å². The number of benzene rings is 1. The maximum atomic E-state index is 12.5. The lowest BCUT2D eigenvalue weighted by atomic mass is 9.78. The molecule has 0 radical (unpaired) electrons. The SMILES string of the molecule is Cc1cc(C)c(CC(=O)C2CCCC(C)C2)c(C)c1.O=C(O)O. The van der Waals surface area contributed by atoms with Crippen molar-refractivity contribution in [2.45, 2.75) is 59.8 Å². The van der Waals surface area contributed by atoms with Crippen molar-refractivity contribution in [3.05, 3.63) is 34.4 Å². The number of ketones is 1. The summed E-state index contributed by atoms with van der Waals surface area (Å²) in [6, 6.07) is 4.39. The number of carbonyl (C=O) groups is 2. The molecule has 0 heterocycles. The summed E-state index contributed by atoms with van der Waals surface area (Å²) in [6.45, 7) is 8.66. The Hall–Kier alpha value is -1.84. The predicted molar refractivity (Wildman–Crippen MR) is 91.1 cm³/mol. The van der Waals surface area contributed by atoms with Crippen LogP contribution < -0.4 is 0 Å². The van der Waals surface area contributed by atoms with Crippen LogP contribution in [-0.2, 0) is 11.2 Å². The van der Waals surface area contributed by atoms with E-state index in [-0.39, 0.29) is 0 Å². The number of hydrogen-bond donors (Lipinski definition) is 2. The third-order valence-corrected chi connectivity index (χ3v) is 4.58. The largest absolute Gasteiger partial charge is 0.503 e. The lowest BCUT2D eigenvalue weighted by Crippen LogP contribution is -2.23. The molecule has 1 aromatic rings. The zero-order valence-electron chi connectivity index (χ0n) is 14.6. The molecule has 0 aromatic heterocycles. The van der Waals surface area contributed by atoms with E-state index in [0.29, 0.717) is 18.1 Å². The Morgan fingerprint density at radius 3 is 2.09 bits per heavy atom. The van der Waals surface area contributed by atoms with Gasteiger partial charge in [-0.15, -0.1) is 0 Å². The average molecular weight is 320 g/mol. The summed E-state index contributed by atoms with van der Waals surface area (Å²) in [5.41, 5.74) is 5.09. The van der Waals surface area contributed by atoms with Crippen molar-refractivity contribution >= 4 is 11.9 Å². The van der Waals surface area contributed by atoms with E-state index in [1.807, 2.05) is 0 Å². The second-order valence-corrected chi connectivity index (χ2v) is 6.77. The Bertz CT molecular complexity index is 535. The zero-order valence-corrected chi connectivity index (χ0v) is 14.6. The van der Waals surface area contributed by atoms with Crippen molar-refractivity contribution in [2.75, 3.05) is 0 Å². The smallest absolute Gasteiger partial charge is 0.450 e. The first-order valence-electron chi connectivity index (χ1n) is 8.22. The molecule has 0 amide bonds. The lowest BCUT2D eigenvalue weighted by molar-refractivity contribution is -0.123. The number of Topliss-reactive ketones (excluding diaryl/α,β-unsaturated/α-hetero) is 1. The van der Waals surface area contributed by atoms with Gasteiger partial charge in [0.15, 0.2) is 0 Å². The van der Waals surface area contributed by atoms with Crippen LogP contribution in [0.15, 0.2) is 12.1 Å². The molecule has 1 fully saturated rings. The Morgan fingerprint density at radius 2 is 1.61 bits per heavy atom. The monoisotopic (exact) mass is 320 g/mol. The second kappa shape index (κ2) is 8.70. The van der Waals surface area contributed by atoms with Gasteiger partial charge >= 0.3 is 6.16 Å². The Labute approximate surface area is 138 Å². The van der Waals surface area contributed by atoms with Gasteiger partial charge in [-0.25, -0.2) is 4.79 Å². The van der Waals surface area contributed by atoms with Crippen molar-refractivity contribution in [3.8, 4) is 0 Å². The highest BCUT2D eigenvalue weighted by Gasteiger charge is 2.25. The third-order valence-electron chi connectivity index (χ3n) is 4.58. The molecule has 1 aliphatic carbocycles. The first kappa shape index (κ1) is 19.2. The number of hydrogen-bond acceptors (Lipinski definition) is 2. The maximum absolute atomic E-state index is 12.5. The van der Waals surface area contributed by atoms with Gasteiger partial charge in [-0.1, -0.05) is 37.5 Å². The summed E-state index contributed by atoms with van der Waals surface area (Å²) in [7, 11) is 0. The molecule has 4 heteroatoms. The van der Waals surface area contributed by atoms with Crippen LogP contribution >= 0.6 is 0 Å². The molecule has 2 atom stereocenters. The lowest BCUT2D eigenvalue weighted by Gasteiger charge is -2.26. The molecule has 4 nitrogen and oxygen atoms in total. The minimum Gasteiger partial charge on any atom is -0.450 e. The highest BCUT2D eigenvalue weighted by molar-refractivity contribution is 5.84. The minimum absolute atomic E-state index is 0.309. The normalized spacial score (nSPS) is 20.3. The molecular weight excluding hydrogens is 292 g/mol. The van der Waals surface area contributed by atoms with E-state index in [9.17, 15) is 4.79 Å². The van der Waals surface area contributed by atoms with Gasteiger partial charge in [0.25, 0.3) is 0 Å². The minimum atomic E-state index is -1.83. The van der Waals surface area contributed by atoms with E-state index in [2.05, 4.69) is 39.8 Å². The van der Waals surface area contributed by atoms with Crippen LogP contribution in [0, 0.1) is 32.6 Å². The molecule has 2 N–H and O–H groups in total. The quantitative estimate of drug-likeness (QED) is 0.841. The summed E-state index contributed by atoms with van der Waals surface area (Å²) < 4.78 is 0. The molecule has 2 unspecified atom stereocenters. The molecule has 0 spiro atoms. The summed E-state index contributed by atoms with van der Waals surface area (Å²) in [6.07, 6.45) is 3.53. The number of carboxylic acid groups (broad SMARTS) is 2. The van der Waals surface area contributed by atoms with Gasteiger partial charge < -0.3 is 10.2 Å². The van der Waals surface area contributed by atoms with Crippen molar-refractivity contribution in [2.24, 2.45) is 11.8 Å². The van der Waals surface area contributed by atoms with Crippen molar-refractivity contribution in [1.82, 2.24) is 0 Å². The van der Waals surface area contributed by atoms with Crippen LogP contribution in [0.3, 0.4) is 0 Å². The fourth-order valence-corrected chi connectivity index (χ4v) is 3.53. The van der Waals surface area contributed by atoms with Gasteiger partial charge in [-0.05, 0) is 56.2 Å². The highest BCUT2D eigenvalue weighted by Crippen LogP contribution is 2.30. The van der Waals surface area contributed by atoms with E-state index < -0.39 is 6.16 Å². The fraction of sp³-hybridized carbons (Fsp3) is 0.579. The van der Waals surface area contributed by atoms with Crippen molar-refractivity contribution in [1.29, 1.82) is 0 Å². The first-order valence-corrected chi connectivity index (χ1v) is 8.22. The second-order valence-electron chi connectivity index (χ2n) is 6.77. The van der Waals surface area contributed by atoms with Gasteiger partial charge in [0.05, 0.1) is 0 Å². The molecule has 0 saturated heterocycles. The van der Waals surface area contributed by atoms with E-state index in [0.717, 1.165) is 18.8 Å². The van der Waals surface area contributed by atoms with Gasteiger partial charge in [0.2, 0.25) is 0 Å². The number of carbonyl (C=O) groups excluding carboxylic acids is 1.